The Morgan fingerprint density at radius 2 is 2.00 bits per heavy atom. The highest BCUT2D eigenvalue weighted by molar-refractivity contribution is 5.87. The molecule has 3 rings (SSSR count). The predicted octanol–water partition coefficient (Wildman–Crippen LogP) is 0.774. The number of aromatic amines is 1. The second-order valence-electron chi connectivity index (χ2n) is 6.00. The van der Waals surface area contributed by atoms with Crippen molar-refractivity contribution in [2.24, 2.45) is 0 Å². The van der Waals surface area contributed by atoms with Gasteiger partial charge in [0, 0.05) is 17.1 Å². The van der Waals surface area contributed by atoms with E-state index in [2.05, 4.69) is 15.6 Å². The summed E-state index contributed by atoms with van der Waals surface area (Å²) in [5.41, 5.74) is 2.11. The lowest BCUT2D eigenvalue weighted by Gasteiger charge is -2.07. The Kier molecular flexibility index (Phi) is 4.14. The van der Waals surface area contributed by atoms with Crippen LogP contribution in [0.2, 0.25) is 0 Å². The zero-order valence-corrected chi connectivity index (χ0v) is 12.9. The molecular weight excluding hydrogens is 294 g/mol. The first-order chi connectivity index (χ1) is 11.0. The fourth-order valence-electron chi connectivity index (χ4n) is 2.41. The standard InChI is InChI=1S/C17H19N3O3/c1-10-6-12-7-11(2-5-14(12)20-17(10)23)8-15(21)18-9-16(22)19-13-3-4-13/h2,5-7,13H,3-4,8-9H2,1H3,(H,18,21)(H,19,22)(H,20,23). The van der Waals surface area contributed by atoms with Gasteiger partial charge in [-0.1, -0.05) is 6.07 Å². The maximum atomic E-state index is 11.9. The van der Waals surface area contributed by atoms with Crippen molar-refractivity contribution in [3.05, 3.63) is 45.7 Å². The fourth-order valence-corrected chi connectivity index (χ4v) is 2.41. The first kappa shape index (κ1) is 15.3. The molecule has 0 saturated heterocycles. The van der Waals surface area contributed by atoms with Crippen LogP contribution in [0, 0.1) is 6.92 Å². The van der Waals surface area contributed by atoms with Crippen LogP contribution in [-0.2, 0) is 16.0 Å². The summed E-state index contributed by atoms with van der Waals surface area (Å²) in [5, 5.41) is 6.33. The molecule has 1 aliphatic rings. The number of amides is 2. The summed E-state index contributed by atoms with van der Waals surface area (Å²) in [7, 11) is 0. The van der Waals surface area contributed by atoms with Crippen LogP contribution in [0.4, 0.5) is 0 Å². The van der Waals surface area contributed by atoms with Crippen molar-refractivity contribution in [3.8, 4) is 0 Å². The first-order valence-electron chi connectivity index (χ1n) is 7.70. The van der Waals surface area contributed by atoms with Gasteiger partial charge < -0.3 is 15.6 Å². The minimum absolute atomic E-state index is 0.00927. The van der Waals surface area contributed by atoms with E-state index >= 15 is 0 Å². The van der Waals surface area contributed by atoms with Gasteiger partial charge in [0.05, 0.1) is 13.0 Å². The van der Waals surface area contributed by atoms with Crippen molar-refractivity contribution < 1.29 is 9.59 Å². The molecule has 0 radical (unpaired) electrons. The average Bonchev–Trinajstić information content (AvgIpc) is 3.31. The van der Waals surface area contributed by atoms with Crippen molar-refractivity contribution in [2.75, 3.05) is 6.54 Å². The summed E-state index contributed by atoms with van der Waals surface area (Å²) in [6.45, 7) is 1.76. The van der Waals surface area contributed by atoms with Gasteiger partial charge in [0.25, 0.3) is 5.56 Å². The van der Waals surface area contributed by atoms with Crippen LogP contribution in [0.3, 0.4) is 0 Å². The van der Waals surface area contributed by atoms with Crippen molar-refractivity contribution in [3.63, 3.8) is 0 Å². The molecule has 6 nitrogen and oxygen atoms in total. The number of aromatic nitrogens is 1. The largest absolute Gasteiger partial charge is 0.352 e. The highest BCUT2D eigenvalue weighted by Crippen LogP contribution is 2.18. The number of rotatable bonds is 5. The summed E-state index contributed by atoms with van der Waals surface area (Å²) in [4.78, 5) is 37.8. The number of fused-ring (bicyclic) bond motifs is 1. The van der Waals surface area contributed by atoms with Gasteiger partial charge in [-0.15, -0.1) is 0 Å². The van der Waals surface area contributed by atoms with E-state index in [0.29, 0.717) is 11.6 Å². The molecule has 0 unspecified atom stereocenters. The second kappa shape index (κ2) is 6.24. The second-order valence-corrected chi connectivity index (χ2v) is 6.00. The normalized spacial score (nSPS) is 13.8. The molecule has 0 spiro atoms. The molecule has 6 heteroatoms. The summed E-state index contributed by atoms with van der Waals surface area (Å²) in [5.74, 6) is -0.344. The summed E-state index contributed by atoms with van der Waals surface area (Å²) in [6, 6.07) is 7.57. The molecule has 3 N–H and O–H groups in total. The number of aryl methyl sites for hydroxylation is 1. The molecule has 1 aliphatic carbocycles. The minimum Gasteiger partial charge on any atom is -0.352 e. The third-order valence-corrected chi connectivity index (χ3v) is 3.85. The van der Waals surface area contributed by atoms with E-state index < -0.39 is 0 Å². The van der Waals surface area contributed by atoms with Crippen LogP contribution in [-0.4, -0.2) is 29.4 Å². The highest BCUT2D eigenvalue weighted by Gasteiger charge is 2.23. The molecule has 1 saturated carbocycles. The van der Waals surface area contributed by atoms with E-state index in [1.807, 2.05) is 6.07 Å². The van der Waals surface area contributed by atoms with E-state index in [1.165, 1.54) is 0 Å². The predicted molar refractivity (Wildman–Crippen MR) is 87.2 cm³/mol. The van der Waals surface area contributed by atoms with Gasteiger partial charge in [0.2, 0.25) is 11.8 Å². The first-order valence-corrected chi connectivity index (χ1v) is 7.70. The van der Waals surface area contributed by atoms with Gasteiger partial charge in [0.1, 0.15) is 0 Å². The molecule has 1 heterocycles. The number of carbonyl (C=O) groups is 2. The lowest BCUT2D eigenvalue weighted by Crippen LogP contribution is -2.38. The summed E-state index contributed by atoms with van der Waals surface area (Å²) < 4.78 is 0. The topological polar surface area (TPSA) is 91.1 Å². The Labute approximate surface area is 133 Å². The molecule has 2 amide bonds. The van der Waals surface area contributed by atoms with Crippen molar-refractivity contribution in [1.82, 2.24) is 15.6 Å². The van der Waals surface area contributed by atoms with Gasteiger partial charge in [-0.2, -0.15) is 0 Å². The number of hydrogen-bond acceptors (Lipinski definition) is 3. The van der Waals surface area contributed by atoms with Crippen LogP contribution < -0.4 is 16.2 Å². The number of carbonyl (C=O) groups excluding carboxylic acids is 2. The lowest BCUT2D eigenvalue weighted by atomic mass is 10.1. The third kappa shape index (κ3) is 3.97. The lowest BCUT2D eigenvalue weighted by molar-refractivity contribution is -0.125. The van der Waals surface area contributed by atoms with E-state index in [9.17, 15) is 14.4 Å². The number of pyridine rings is 1. The SMILES string of the molecule is Cc1cc2cc(CC(=O)NCC(=O)NC3CC3)ccc2[nH]c1=O. The monoisotopic (exact) mass is 313 g/mol. The molecule has 2 aromatic rings. The van der Waals surface area contributed by atoms with Gasteiger partial charge >= 0.3 is 0 Å². The third-order valence-electron chi connectivity index (χ3n) is 3.85. The molecule has 0 aliphatic heterocycles. The van der Waals surface area contributed by atoms with Crippen molar-refractivity contribution in [1.29, 1.82) is 0 Å². The Hall–Kier alpha value is -2.63. The van der Waals surface area contributed by atoms with Crippen molar-refractivity contribution >= 4 is 22.7 Å². The number of benzene rings is 1. The Morgan fingerprint density at radius 1 is 1.22 bits per heavy atom. The fraction of sp³-hybridized carbons (Fsp3) is 0.353. The molecular formula is C17H19N3O3. The maximum absolute atomic E-state index is 11.9. The van der Waals surface area contributed by atoms with E-state index in [1.54, 1.807) is 25.1 Å². The van der Waals surface area contributed by atoms with Crippen LogP contribution >= 0.6 is 0 Å². The van der Waals surface area contributed by atoms with E-state index in [0.717, 1.165) is 29.3 Å². The van der Waals surface area contributed by atoms with Gasteiger partial charge in [-0.25, -0.2) is 0 Å². The average molecular weight is 313 g/mol. The Morgan fingerprint density at radius 3 is 2.74 bits per heavy atom. The molecule has 1 fully saturated rings. The molecule has 120 valence electrons. The number of H-pyrrole nitrogens is 1. The van der Waals surface area contributed by atoms with Crippen molar-refractivity contribution in [2.45, 2.75) is 32.2 Å². The summed E-state index contributed by atoms with van der Waals surface area (Å²) >= 11 is 0. The maximum Gasteiger partial charge on any atom is 0.251 e. The molecule has 0 bridgehead atoms. The van der Waals surface area contributed by atoms with Gasteiger partial charge in [0.15, 0.2) is 0 Å². The molecule has 1 aromatic carbocycles. The zero-order chi connectivity index (χ0) is 16.4. The van der Waals surface area contributed by atoms with Crippen LogP contribution in [0.1, 0.15) is 24.0 Å². The Bertz CT molecular complexity index is 821. The Balaban J connectivity index is 1.61. The molecule has 0 atom stereocenters. The van der Waals surface area contributed by atoms with Gasteiger partial charge in [-0.3, -0.25) is 14.4 Å². The zero-order valence-electron chi connectivity index (χ0n) is 12.9. The van der Waals surface area contributed by atoms with Gasteiger partial charge in [-0.05, 0) is 48.9 Å². The molecule has 23 heavy (non-hydrogen) atoms. The minimum atomic E-state index is -0.198. The summed E-state index contributed by atoms with van der Waals surface area (Å²) in [6.07, 6.45) is 2.25. The molecule has 1 aromatic heterocycles. The van der Waals surface area contributed by atoms with E-state index in [4.69, 9.17) is 0 Å². The van der Waals surface area contributed by atoms with Crippen LogP contribution in [0.15, 0.2) is 29.1 Å². The highest BCUT2D eigenvalue weighted by atomic mass is 16.2. The smallest absolute Gasteiger partial charge is 0.251 e. The van der Waals surface area contributed by atoms with E-state index in [-0.39, 0.29) is 30.3 Å². The van der Waals surface area contributed by atoms with Crippen LogP contribution in [0.25, 0.3) is 10.9 Å². The quantitative estimate of drug-likeness (QED) is 0.761. The number of nitrogens with one attached hydrogen (secondary N) is 3. The van der Waals surface area contributed by atoms with Crippen LogP contribution in [0.5, 0.6) is 0 Å². The number of hydrogen-bond donors (Lipinski definition) is 3.